The average molecular weight is 424 g/mol. The number of ether oxygens (including phenoxy) is 2. The van der Waals surface area contributed by atoms with Crippen LogP contribution in [0.5, 0.6) is 5.75 Å². The van der Waals surface area contributed by atoms with Crippen LogP contribution in [0.4, 0.5) is 5.00 Å². The van der Waals surface area contributed by atoms with Gasteiger partial charge in [-0.1, -0.05) is 42.5 Å². The van der Waals surface area contributed by atoms with Gasteiger partial charge in [0.25, 0.3) is 0 Å². The van der Waals surface area contributed by atoms with E-state index in [9.17, 15) is 9.59 Å². The van der Waals surface area contributed by atoms with Crippen LogP contribution in [0, 0.1) is 13.8 Å². The molecule has 1 heterocycles. The van der Waals surface area contributed by atoms with E-state index in [-0.39, 0.29) is 5.91 Å². The summed E-state index contributed by atoms with van der Waals surface area (Å²) in [4.78, 5) is 25.9. The smallest absolute Gasteiger partial charge is 0.341 e. The predicted octanol–water partition coefficient (Wildman–Crippen LogP) is 5.62. The summed E-state index contributed by atoms with van der Waals surface area (Å²) in [5.41, 5.74) is 3.24. The SMILES string of the molecule is COC(=O)c1c(NC(=O)CCCOc2cccc(C)c2)sc(C)c1-c1ccccc1. The van der Waals surface area contributed by atoms with Crippen molar-refractivity contribution in [3.63, 3.8) is 0 Å². The first-order chi connectivity index (χ1) is 14.5. The Labute approximate surface area is 180 Å². The Morgan fingerprint density at radius 3 is 2.50 bits per heavy atom. The summed E-state index contributed by atoms with van der Waals surface area (Å²) in [5.74, 6) is 0.176. The van der Waals surface area contributed by atoms with Gasteiger partial charge in [-0.05, 0) is 43.5 Å². The third kappa shape index (κ3) is 5.27. The van der Waals surface area contributed by atoms with Crippen LogP contribution in [-0.4, -0.2) is 25.6 Å². The van der Waals surface area contributed by atoms with E-state index in [4.69, 9.17) is 9.47 Å². The van der Waals surface area contributed by atoms with Gasteiger partial charge in [-0.25, -0.2) is 4.79 Å². The number of benzene rings is 2. The van der Waals surface area contributed by atoms with Crippen LogP contribution < -0.4 is 10.1 Å². The van der Waals surface area contributed by atoms with Gasteiger partial charge in [0.2, 0.25) is 5.91 Å². The Kier molecular flexibility index (Phi) is 7.25. The van der Waals surface area contributed by atoms with Crippen molar-refractivity contribution in [3.05, 3.63) is 70.6 Å². The van der Waals surface area contributed by atoms with Crippen LogP contribution >= 0.6 is 11.3 Å². The number of carbonyl (C=O) groups is 2. The van der Waals surface area contributed by atoms with E-state index in [2.05, 4.69) is 5.32 Å². The van der Waals surface area contributed by atoms with Crippen molar-refractivity contribution in [2.24, 2.45) is 0 Å². The molecule has 0 saturated heterocycles. The molecule has 3 rings (SSSR count). The second-order valence-corrected chi connectivity index (χ2v) is 8.14. The Hall–Kier alpha value is -3.12. The van der Waals surface area contributed by atoms with Crippen molar-refractivity contribution < 1.29 is 19.1 Å². The minimum absolute atomic E-state index is 0.158. The van der Waals surface area contributed by atoms with E-state index < -0.39 is 5.97 Å². The Balaban J connectivity index is 1.67. The highest BCUT2D eigenvalue weighted by Gasteiger charge is 2.24. The number of nitrogens with one attached hydrogen (secondary N) is 1. The molecule has 0 fully saturated rings. The molecular formula is C24H25NO4S. The fourth-order valence-corrected chi connectivity index (χ4v) is 4.28. The van der Waals surface area contributed by atoms with Crippen molar-refractivity contribution >= 4 is 28.2 Å². The highest BCUT2D eigenvalue weighted by Crippen LogP contribution is 2.40. The summed E-state index contributed by atoms with van der Waals surface area (Å²) >= 11 is 1.38. The van der Waals surface area contributed by atoms with Gasteiger partial charge >= 0.3 is 5.97 Å². The molecule has 156 valence electrons. The molecule has 0 bridgehead atoms. The van der Waals surface area contributed by atoms with Crippen molar-refractivity contribution in [2.75, 3.05) is 19.0 Å². The second-order valence-electron chi connectivity index (χ2n) is 6.91. The van der Waals surface area contributed by atoms with E-state index >= 15 is 0 Å². The number of anilines is 1. The number of carbonyl (C=O) groups excluding carboxylic acids is 2. The molecule has 0 radical (unpaired) electrons. The average Bonchev–Trinajstić information content (AvgIpc) is 3.06. The number of hydrogen-bond donors (Lipinski definition) is 1. The maximum absolute atomic E-state index is 12.5. The third-order valence-corrected chi connectivity index (χ3v) is 5.62. The molecule has 2 aromatic carbocycles. The van der Waals surface area contributed by atoms with Crippen molar-refractivity contribution in [2.45, 2.75) is 26.7 Å². The maximum atomic E-state index is 12.5. The molecule has 0 unspecified atom stereocenters. The summed E-state index contributed by atoms with van der Waals surface area (Å²) in [6.07, 6.45) is 0.868. The molecule has 5 nitrogen and oxygen atoms in total. The molecule has 1 N–H and O–H groups in total. The van der Waals surface area contributed by atoms with Gasteiger partial charge in [0.1, 0.15) is 16.3 Å². The first-order valence-electron chi connectivity index (χ1n) is 9.76. The molecule has 0 atom stereocenters. The zero-order valence-corrected chi connectivity index (χ0v) is 18.2. The molecule has 0 saturated carbocycles. The van der Waals surface area contributed by atoms with E-state index in [1.807, 2.05) is 68.4 Å². The topological polar surface area (TPSA) is 64.6 Å². The van der Waals surface area contributed by atoms with Gasteiger partial charge in [0.15, 0.2) is 0 Å². The van der Waals surface area contributed by atoms with Gasteiger partial charge in [-0.2, -0.15) is 0 Å². The second kappa shape index (κ2) is 10.1. The summed E-state index contributed by atoms with van der Waals surface area (Å²) in [7, 11) is 1.35. The van der Waals surface area contributed by atoms with Gasteiger partial charge in [-0.3, -0.25) is 4.79 Å². The monoisotopic (exact) mass is 423 g/mol. The van der Waals surface area contributed by atoms with Gasteiger partial charge in [0.05, 0.1) is 13.7 Å². The quantitative estimate of drug-likeness (QED) is 0.377. The molecule has 6 heteroatoms. The normalized spacial score (nSPS) is 10.5. The van der Waals surface area contributed by atoms with E-state index in [1.54, 1.807) is 0 Å². The lowest BCUT2D eigenvalue weighted by atomic mass is 10.0. The molecule has 3 aromatic rings. The molecule has 1 amide bonds. The first kappa shape index (κ1) is 21.6. The standard InChI is InChI=1S/C24H25NO4S/c1-16-9-7-12-19(15-16)29-14-8-13-20(26)25-23-22(24(27)28-3)21(17(2)30-23)18-10-5-4-6-11-18/h4-7,9-12,15H,8,13-14H2,1-3H3,(H,25,26). The number of hydrogen-bond acceptors (Lipinski definition) is 5. The maximum Gasteiger partial charge on any atom is 0.341 e. The van der Waals surface area contributed by atoms with Crippen LogP contribution in [0.3, 0.4) is 0 Å². The molecule has 0 aliphatic carbocycles. The predicted molar refractivity (Wildman–Crippen MR) is 120 cm³/mol. The fourth-order valence-electron chi connectivity index (χ4n) is 3.20. The Morgan fingerprint density at radius 2 is 1.80 bits per heavy atom. The number of esters is 1. The Morgan fingerprint density at radius 1 is 1.03 bits per heavy atom. The number of thiophene rings is 1. The number of amides is 1. The summed E-state index contributed by atoms with van der Waals surface area (Å²) in [6, 6.07) is 17.4. The largest absolute Gasteiger partial charge is 0.494 e. The van der Waals surface area contributed by atoms with E-state index in [1.165, 1.54) is 18.4 Å². The zero-order chi connectivity index (χ0) is 21.5. The van der Waals surface area contributed by atoms with Crippen molar-refractivity contribution in [1.82, 2.24) is 0 Å². The lowest BCUT2D eigenvalue weighted by Gasteiger charge is -2.09. The summed E-state index contributed by atoms with van der Waals surface area (Å²) in [5, 5.41) is 3.40. The van der Waals surface area contributed by atoms with E-state index in [0.29, 0.717) is 30.0 Å². The van der Waals surface area contributed by atoms with Gasteiger partial charge in [-0.15, -0.1) is 11.3 Å². The summed E-state index contributed by atoms with van der Waals surface area (Å²) in [6.45, 7) is 4.39. The van der Waals surface area contributed by atoms with Crippen LogP contribution in [0.15, 0.2) is 54.6 Å². The Bertz CT molecular complexity index is 1030. The fraction of sp³-hybridized carbons (Fsp3) is 0.250. The third-order valence-electron chi connectivity index (χ3n) is 4.60. The minimum Gasteiger partial charge on any atom is -0.494 e. The number of aryl methyl sites for hydroxylation is 2. The minimum atomic E-state index is -0.462. The van der Waals surface area contributed by atoms with Gasteiger partial charge < -0.3 is 14.8 Å². The molecule has 0 aliphatic heterocycles. The molecule has 30 heavy (non-hydrogen) atoms. The zero-order valence-electron chi connectivity index (χ0n) is 17.4. The molecule has 0 aliphatic rings. The van der Waals surface area contributed by atoms with E-state index in [0.717, 1.165) is 27.3 Å². The van der Waals surface area contributed by atoms with Gasteiger partial charge in [0, 0.05) is 16.9 Å². The first-order valence-corrected chi connectivity index (χ1v) is 10.6. The van der Waals surface area contributed by atoms with Crippen LogP contribution in [0.2, 0.25) is 0 Å². The molecular weight excluding hydrogens is 398 g/mol. The van der Waals surface area contributed by atoms with Crippen molar-refractivity contribution in [1.29, 1.82) is 0 Å². The lowest BCUT2D eigenvalue weighted by Crippen LogP contribution is -2.14. The summed E-state index contributed by atoms with van der Waals surface area (Å²) < 4.78 is 10.7. The lowest BCUT2D eigenvalue weighted by molar-refractivity contribution is -0.116. The number of rotatable bonds is 8. The van der Waals surface area contributed by atoms with Crippen LogP contribution in [0.1, 0.15) is 33.6 Å². The highest BCUT2D eigenvalue weighted by molar-refractivity contribution is 7.17. The molecule has 1 aromatic heterocycles. The molecule has 0 spiro atoms. The van der Waals surface area contributed by atoms with Crippen LogP contribution in [0.25, 0.3) is 11.1 Å². The highest BCUT2D eigenvalue weighted by atomic mass is 32.1. The van der Waals surface area contributed by atoms with Crippen LogP contribution in [-0.2, 0) is 9.53 Å². The van der Waals surface area contributed by atoms with Crippen molar-refractivity contribution in [3.8, 4) is 16.9 Å². The number of methoxy groups -OCH3 is 1.